The maximum absolute atomic E-state index is 7.37. The fourth-order valence-electron chi connectivity index (χ4n) is 2.54. The molecule has 128 valence electrons. The second kappa shape index (κ2) is 9.68. The van der Waals surface area contributed by atoms with E-state index in [4.69, 9.17) is 8.51 Å². The number of hydrogen-bond acceptors (Lipinski definition) is 4. The van der Waals surface area contributed by atoms with Crippen molar-refractivity contribution in [2.75, 3.05) is 52.8 Å². The fourth-order valence-corrected chi connectivity index (χ4v) is 28.2. The van der Waals surface area contributed by atoms with Crippen molar-refractivity contribution in [3.63, 3.8) is 0 Å². The van der Waals surface area contributed by atoms with E-state index in [1.807, 2.05) is 0 Å². The van der Waals surface area contributed by atoms with Crippen LogP contribution in [0.15, 0.2) is 20.0 Å². The van der Waals surface area contributed by atoms with E-state index in [2.05, 4.69) is 75.8 Å². The first-order valence-electron chi connectivity index (χ1n) is 7.80. The van der Waals surface area contributed by atoms with E-state index < -0.39 is 16.1 Å². The van der Waals surface area contributed by atoms with Crippen LogP contribution in [0.4, 0.5) is 0 Å². The van der Waals surface area contributed by atoms with Crippen molar-refractivity contribution < 1.29 is 16.1 Å². The average Bonchev–Trinajstić information content (AvgIpc) is 2.62. The van der Waals surface area contributed by atoms with Crippen LogP contribution in [-0.4, -0.2) is 62.6 Å². The molecule has 0 atom stereocenters. The van der Waals surface area contributed by atoms with Crippen LogP contribution in [0.3, 0.4) is 0 Å². The van der Waals surface area contributed by atoms with Crippen molar-refractivity contribution in [2.24, 2.45) is 0 Å². The Bertz CT molecular complexity index is 433. The second-order valence-electron chi connectivity index (χ2n) is 6.58. The van der Waals surface area contributed by atoms with Crippen molar-refractivity contribution in [2.45, 2.75) is 27.2 Å². The van der Waals surface area contributed by atoms with Gasteiger partial charge in [-0.25, -0.2) is 0 Å². The molecule has 0 aromatic heterocycles. The molecule has 0 aromatic carbocycles. The quantitative estimate of drug-likeness (QED) is 0.510. The summed E-state index contributed by atoms with van der Waals surface area (Å²) in [7, 11) is 20.1. The van der Waals surface area contributed by atoms with Gasteiger partial charge < -0.3 is 0 Å². The van der Waals surface area contributed by atoms with Crippen LogP contribution in [0.5, 0.6) is 0 Å². The Morgan fingerprint density at radius 1 is 0.909 bits per heavy atom. The molecule has 0 heterocycles. The summed E-state index contributed by atoms with van der Waals surface area (Å²) in [6.07, 6.45) is 1.13. The third-order valence-electron chi connectivity index (χ3n) is 3.92. The molecule has 1 rings (SSSR count). The van der Waals surface area contributed by atoms with Crippen LogP contribution < -0.4 is 0 Å². The molecule has 0 aliphatic heterocycles. The Hall–Kier alpha value is 1.27. The Kier molecular flexibility index (Phi) is 9.38. The van der Waals surface area contributed by atoms with Gasteiger partial charge in [-0.2, -0.15) is 0 Å². The van der Waals surface area contributed by atoms with Gasteiger partial charge in [0, 0.05) is 0 Å². The van der Waals surface area contributed by atoms with Gasteiger partial charge in [0.15, 0.2) is 0 Å². The standard InChI is InChI=1S/C8H11.2C4H11NS.ClH.Zr/c1-6-4-7(2)8(3)5-6;2*1-5(2)3-4-6;;/h4H2,1-3H3;2*6H,3-4H2,1-2H3;1H;/q;;;;+3/p-3. The van der Waals surface area contributed by atoms with Crippen LogP contribution >= 0.6 is 25.5 Å². The van der Waals surface area contributed by atoms with Gasteiger partial charge >= 0.3 is 151 Å². The molecule has 0 radical (unpaired) electrons. The van der Waals surface area contributed by atoms with E-state index in [0.29, 0.717) is 0 Å². The first-order valence-corrected chi connectivity index (χ1v) is 20.2. The van der Waals surface area contributed by atoms with E-state index in [0.717, 1.165) is 31.0 Å². The van der Waals surface area contributed by atoms with Crippen molar-refractivity contribution >= 4 is 25.5 Å². The van der Waals surface area contributed by atoms with Gasteiger partial charge in [-0.1, -0.05) is 0 Å². The van der Waals surface area contributed by atoms with E-state index in [1.54, 1.807) is 3.28 Å². The summed E-state index contributed by atoms with van der Waals surface area (Å²) in [6, 6.07) is 0. The van der Waals surface area contributed by atoms with E-state index in [9.17, 15) is 0 Å². The van der Waals surface area contributed by atoms with Crippen LogP contribution in [0, 0.1) is 0 Å². The molecule has 0 aromatic rings. The number of rotatable bonds is 9. The van der Waals surface area contributed by atoms with Crippen molar-refractivity contribution in [3.8, 4) is 0 Å². The third kappa shape index (κ3) is 6.29. The summed E-state index contributed by atoms with van der Waals surface area (Å²) < 4.78 is 1.58. The first kappa shape index (κ1) is 21.3. The van der Waals surface area contributed by atoms with Gasteiger partial charge in [0.25, 0.3) is 0 Å². The number of halogens is 1. The Morgan fingerprint density at radius 2 is 1.36 bits per heavy atom. The summed E-state index contributed by atoms with van der Waals surface area (Å²) in [4.78, 5) is 4.51. The van der Waals surface area contributed by atoms with Gasteiger partial charge in [0.2, 0.25) is 0 Å². The van der Waals surface area contributed by atoms with Crippen molar-refractivity contribution in [1.82, 2.24) is 9.80 Å². The van der Waals surface area contributed by atoms with E-state index in [-0.39, 0.29) is 0 Å². The molecule has 0 amide bonds. The molecule has 0 N–H and O–H groups in total. The molecule has 0 unspecified atom stereocenters. The minimum atomic E-state index is -2.91. The molecular weight excluding hydrogens is 411 g/mol. The predicted molar refractivity (Wildman–Crippen MR) is 104 cm³/mol. The zero-order valence-corrected chi connectivity index (χ0v) is 20.0. The molecule has 0 bridgehead atoms. The molecule has 0 saturated carbocycles. The zero-order chi connectivity index (χ0) is 16.9. The van der Waals surface area contributed by atoms with Gasteiger partial charge in [-0.05, 0) is 0 Å². The molecule has 2 nitrogen and oxygen atoms in total. The average molecular weight is 442 g/mol. The normalized spacial score (nSPS) is 16.6. The molecule has 1 aliphatic rings. The number of hydrogen-bond donors (Lipinski definition) is 0. The fraction of sp³-hybridized carbons (Fsp3) is 0.750. The first-order chi connectivity index (χ1) is 10.2. The number of allylic oxidation sites excluding steroid dienone is 4. The van der Waals surface area contributed by atoms with Gasteiger partial charge in [-0.15, -0.1) is 0 Å². The molecule has 0 spiro atoms. The Balaban J connectivity index is 2.88. The van der Waals surface area contributed by atoms with Crippen LogP contribution in [0.25, 0.3) is 0 Å². The minimum absolute atomic E-state index is 1.11. The SMILES string of the molecule is CC1=C(C)[C]([Zr]([Cl])([S]CCN(C)C)[S]CCN(C)C)=C(C)C1. The summed E-state index contributed by atoms with van der Waals surface area (Å²) in [6.45, 7) is 9.07. The predicted octanol–water partition coefficient (Wildman–Crippen LogP) is 4.73. The molecular formula is C16H31ClN2S2Zr. The van der Waals surface area contributed by atoms with Gasteiger partial charge in [0.05, 0.1) is 0 Å². The Morgan fingerprint density at radius 3 is 1.68 bits per heavy atom. The summed E-state index contributed by atoms with van der Waals surface area (Å²) in [5.41, 5.74) is 4.56. The summed E-state index contributed by atoms with van der Waals surface area (Å²) in [5, 5.41) is 0. The van der Waals surface area contributed by atoms with Crippen molar-refractivity contribution in [1.29, 1.82) is 0 Å². The maximum atomic E-state index is 7.37. The third-order valence-corrected chi connectivity index (χ3v) is 29.0. The van der Waals surface area contributed by atoms with E-state index in [1.165, 1.54) is 16.7 Å². The summed E-state index contributed by atoms with van der Waals surface area (Å²) >= 11 is -2.91. The molecule has 1 aliphatic carbocycles. The van der Waals surface area contributed by atoms with Crippen LogP contribution in [0.1, 0.15) is 27.2 Å². The van der Waals surface area contributed by atoms with Crippen molar-refractivity contribution in [3.05, 3.63) is 20.0 Å². The van der Waals surface area contributed by atoms with Crippen LogP contribution in [0.2, 0.25) is 0 Å². The molecule has 0 saturated heterocycles. The Labute approximate surface area is 150 Å². The zero-order valence-electron chi connectivity index (χ0n) is 15.1. The topological polar surface area (TPSA) is 6.48 Å². The van der Waals surface area contributed by atoms with E-state index >= 15 is 0 Å². The summed E-state index contributed by atoms with van der Waals surface area (Å²) in [5.74, 6) is 2.29. The molecule has 6 heteroatoms. The van der Waals surface area contributed by atoms with Gasteiger partial charge in [0.1, 0.15) is 0 Å². The molecule has 22 heavy (non-hydrogen) atoms. The second-order valence-corrected chi connectivity index (χ2v) is 30.9. The van der Waals surface area contributed by atoms with Gasteiger partial charge in [-0.3, -0.25) is 0 Å². The van der Waals surface area contributed by atoms with Crippen LogP contribution in [-0.2, 0) is 16.1 Å². The monoisotopic (exact) mass is 440 g/mol. The number of nitrogens with zero attached hydrogens (tertiary/aromatic N) is 2. The molecule has 0 fully saturated rings.